The minimum atomic E-state index is -0.216. The summed E-state index contributed by atoms with van der Waals surface area (Å²) in [6, 6.07) is 11.5. The summed E-state index contributed by atoms with van der Waals surface area (Å²) in [7, 11) is 1.68. The lowest BCUT2D eigenvalue weighted by molar-refractivity contribution is 0.404. The molecule has 100 valence electrons. The second kappa shape index (κ2) is 5.64. The highest BCUT2D eigenvalue weighted by molar-refractivity contribution is 6.30. The maximum absolute atomic E-state index is 6.34. The zero-order chi connectivity index (χ0) is 14.0. The molecule has 0 aromatic heterocycles. The van der Waals surface area contributed by atoms with Crippen molar-refractivity contribution in [2.75, 3.05) is 7.11 Å². The molecular formula is C16H18ClNO. The van der Waals surface area contributed by atoms with Gasteiger partial charge in [-0.15, -0.1) is 0 Å². The summed E-state index contributed by atoms with van der Waals surface area (Å²) in [6.45, 7) is 4.11. The van der Waals surface area contributed by atoms with Crippen molar-refractivity contribution in [2.45, 2.75) is 19.9 Å². The predicted octanol–water partition coefficient (Wildman–Crippen LogP) is 4.01. The Morgan fingerprint density at radius 1 is 1.05 bits per heavy atom. The molecule has 0 spiro atoms. The van der Waals surface area contributed by atoms with Gasteiger partial charge in [0.2, 0.25) is 0 Å². The van der Waals surface area contributed by atoms with E-state index in [0.29, 0.717) is 5.02 Å². The van der Waals surface area contributed by atoms with E-state index in [0.717, 1.165) is 22.4 Å². The van der Waals surface area contributed by atoms with Crippen molar-refractivity contribution in [3.8, 4) is 5.75 Å². The molecule has 0 saturated heterocycles. The fraction of sp³-hybridized carbons (Fsp3) is 0.250. The molecule has 2 aromatic carbocycles. The Balaban J connectivity index is 2.46. The fourth-order valence-corrected chi connectivity index (χ4v) is 2.30. The van der Waals surface area contributed by atoms with Gasteiger partial charge >= 0.3 is 0 Å². The number of rotatable bonds is 3. The molecule has 0 radical (unpaired) electrons. The number of methoxy groups -OCH3 is 1. The summed E-state index contributed by atoms with van der Waals surface area (Å²) in [5.41, 5.74) is 10.7. The van der Waals surface area contributed by atoms with Gasteiger partial charge in [-0.1, -0.05) is 35.9 Å². The summed E-state index contributed by atoms with van der Waals surface area (Å²) < 4.78 is 5.52. The maximum Gasteiger partial charge on any atom is 0.127 e. The highest BCUT2D eigenvalue weighted by atomic mass is 35.5. The van der Waals surface area contributed by atoms with Gasteiger partial charge in [0.1, 0.15) is 5.75 Å². The number of nitrogens with two attached hydrogens (primary N) is 1. The first-order valence-electron chi connectivity index (χ1n) is 6.19. The van der Waals surface area contributed by atoms with E-state index in [1.165, 1.54) is 5.56 Å². The van der Waals surface area contributed by atoms with E-state index in [4.69, 9.17) is 22.1 Å². The van der Waals surface area contributed by atoms with Crippen LogP contribution in [-0.2, 0) is 0 Å². The van der Waals surface area contributed by atoms with Gasteiger partial charge in [-0.05, 0) is 42.7 Å². The topological polar surface area (TPSA) is 35.2 Å². The van der Waals surface area contributed by atoms with Gasteiger partial charge < -0.3 is 10.5 Å². The Kier molecular flexibility index (Phi) is 4.13. The molecule has 2 rings (SSSR count). The van der Waals surface area contributed by atoms with Crippen molar-refractivity contribution in [3.63, 3.8) is 0 Å². The SMILES string of the molecule is COc1c(C(N)c2ccc(Cl)cc2)ccc(C)c1C. The van der Waals surface area contributed by atoms with Gasteiger partial charge in [-0.3, -0.25) is 0 Å². The standard InChI is InChI=1S/C16H18ClNO/c1-10-4-9-14(16(19-3)11(10)2)15(18)12-5-7-13(17)8-6-12/h4-9,15H,18H2,1-3H3. The van der Waals surface area contributed by atoms with Crippen LogP contribution in [0.3, 0.4) is 0 Å². The zero-order valence-electron chi connectivity index (χ0n) is 11.4. The molecule has 1 atom stereocenters. The number of halogens is 1. The Morgan fingerprint density at radius 3 is 2.26 bits per heavy atom. The molecule has 0 fully saturated rings. The molecule has 0 aliphatic heterocycles. The molecule has 0 aliphatic rings. The first-order valence-corrected chi connectivity index (χ1v) is 6.57. The van der Waals surface area contributed by atoms with E-state index in [1.807, 2.05) is 37.3 Å². The quantitative estimate of drug-likeness (QED) is 0.918. The van der Waals surface area contributed by atoms with Crippen molar-refractivity contribution >= 4 is 11.6 Å². The van der Waals surface area contributed by atoms with Crippen LogP contribution < -0.4 is 10.5 Å². The van der Waals surface area contributed by atoms with Crippen LogP contribution in [0.2, 0.25) is 5.02 Å². The minimum Gasteiger partial charge on any atom is -0.496 e. The van der Waals surface area contributed by atoms with E-state index in [1.54, 1.807) is 7.11 Å². The van der Waals surface area contributed by atoms with Crippen molar-refractivity contribution in [1.29, 1.82) is 0 Å². The Bertz CT molecular complexity index is 578. The largest absolute Gasteiger partial charge is 0.496 e. The van der Waals surface area contributed by atoms with E-state index in [-0.39, 0.29) is 6.04 Å². The van der Waals surface area contributed by atoms with Crippen LogP contribution in [0.25, 0.3) is 0 Å². The van der Waals surface area contributed by atoms with Crippen molar-refractivity contribution in [2.24, 2.45) is 5.73 Å². The van der Waals surface area contributed by atoms with E-state index < -0.39 is 0 Å². The number of hydrogen-bond donors (Lipinski definition) is 1. The third-order valence-electron chi connectivity index (χ3n) is 3.48. The average molecular weight is 276 g/mol. The molecule has 19 heavy (non-hydrogen) atoms. The summed E-state index contributed by atoms with van der Waals surface area (Å²) in [5, 5.41) is 0.711. The van der Waals surface area contributed by atoms with Gasteiger partial charge in [-0.25, -0.2) is 0 Å². The third-order valence-corrected chi connectivity index (χ3v) is 3.73. The molecule has 0 aliphatic carbocycles. The Hall–Kier alpha value is -1.51. The second-order valence-electron chi connectivity index (χ2n) is 4.66. The van der Waals surface area contributed by atoms with E-state index in [2.05, 4.69) is 13.0 Å². The van der Waals surface area contributed by atoms with E-state index >= 15 is 0 Å². The number of hydrogen-bond acceptors (Lipinski definition) is 2. The lowest BCUT2D eigenvalue weighted by atomic mass is 9.95. The number of ether oxygens (including phenoxy) is 1. The number of benzene rings is 2. The smallest absolute Gasteiger partial charge is 0.127 e. The lowest BCUT2D eigenvalue weighted by Crippen LogP contribution is -2.13. The predicted molar refractivity (Wildman–Crippen MR) is 80.0 cm³/mol. The van der Waals surface area contributed by atoms with Gasteiger partial charge in [0.05, 0.1) is 13.2 Å². The molecule has 0 saturated carbocycles. The molecule has 0 bridgehead atoms. The molecular weight excluding hydrogens is 258 g/mol. The number of aryl methyl sites for hydroxylation is 1. The van der Waals surface area contributed by atoms with Crippen LogP contribution >= 0.6 is 11.6 Å². The van der Waals surface area contributed by atoms with Crippen LogP contribution in [-0.4, -0.2) is 7.11 Å². The molecule has 2 nitrogen and oxygen atoms in total. The van der Waals surface area contributed by atoms with Gasteiger partial charge in [-0.2, -0.15) is 0 Å². The summed E-state index contributed by atoms with van der Waals surface area (Å²) >= 11 is 5.90. The van der Waals surface area contributed by atoms with Gasteiger partial charge in [0, 0.05) is 10.6 Å². The van der Waals surface area contributed by atoms with Crippen molar-refractivity contribution in [1.82, 2.24) is 0 Å². The first-order chi connectivity index (χ1) is 9.04. The molecule has 2 N–H and O–H groups in total. The molecule has 3 heteroatoms. The third kappa shape index (κ3) is 2.75. The minimum absolute atomic E-state index is 0.216. The molecule has 1 unspecified atom stereocenters. The fourth-order valence-electron chi connectivity index (χ4n) is 2.18. The molecule has 0 heterocycles. The Morgan fingerprint density at radius 2 is 1.68 bits per heavy atom. The van der Waals surface area contributed by atoms with Crippen LogP contribution in [0.5, 0.6) is 5.75 Å². The highest BCUT2D eigenvalue weighted by Crippen LogP contribution is 2.33. The van der Waals surface area contributed by atoms with Crippen LogP contribution in [0, 0.1) is 13.8 Å². The lowest BCUT2D eigenvalue weighted by Gasteiger charge is -2.19. The summed E-state index contributed by atoms with van der Waals surface area (Å²) in [6.07, 6.45) is 0. The maximum atomic E-state index is 6.34. The van der Waals surface area contributed by atoms with Gasteiger partial charge in [0.15, 0.2) is 0 Å². The second-order valence-corrected chi connectivity index (χ2v) is 5.10. The van der Waals surface area contributed by atoms with Crippen LogP contribution in [0.1, 0.15) is 28.3 Å². The molecule has 2 aromatic rings. The molecule has 0 amide bonds. The average Bonchev–Trinajstić information content (AvgIpc) is 2.41. The summed E-state index contributed by atoms with van der Waals surface area (Å²) in [4.78, 5) is 0. The van der Waals surface area contributed by atoms with Gasteiger partial charge in [0.25, 0.3) is 0 Å². The van der Waals surface area contributed by atoms with E-state index in [9.17, 15) is 0 Å². The van der Waals surface area contributed by atoms with Crippen molar-refractivity contribution < 1.29 is 4.74 Å². The first kappa shape index (κ1) is 13.9. The summed E-state index contributed by atoms with van der Waals surface area (Å²) in [5.74, 6) is 0.863. The van der Waals surface area contributed by atoms with Crippen LogP contribution in [0.15, 0.2) is 36.4 Å². The normalized spacial score (nSPS) is 12.3. The zero-order valence-corrected chi connectivity index (χ0v) is 12.2. The highest BCUT2D eigenvalue weighted by Gasteiger charge is 2.16. The monoisotopic (exact) mass is 275 g/mol. The Labute approximate surface area is 119 Å². The van der Waals surface area contributed by atoms with Crippen LogP contribution in [0.4, 0.5) is 0 Å². The van der Waals surface area contributed by atoms with Crippen molar-refractivity contribution in [3.05, 3.63) is 63.7 Å².